The molecule has 0 N–H and O–H groups in total. The van der Waals surface area contributed by atoms with Crippen molar-refractivity contribution in [1.29, 1.82) is 0 Å². The molecule has 0 saturated carbocycles. The summed E-state index contributed by atoms with van der Waals surface area (Å²) in [5.41, 5.74) is 0. The average molecular weight is 208 g/mol. The minimum Gasteiger partial charge on any atom is -0.469 e. The first-order valence-corrected chi connectivity index (χ1v) is 5.85. The summed E-state index contributed by atoms with van der Waals surface area (Å²) in [5, 5.41) is 0. The van der Waals surface area contributed by atoms with Gasteiger partial charge >= 0.3 is 0 Å². The molecule has 0 aromatic carbocycles. The van der Waals surface area contributed by atoms with Gasteiger partial charge in [0.25, 0.3) is 0 Å². The fourth-order valence-electron chi connectivity index (χ4n) is 1.77. The summed E-state index contributed by atoms with van der Waals surface area (Å²) in [6.45, 7) is 4.21. The highest BCUT2D eigenvalue weighted by atomic mass is 16.3. The van der Waals surface area contributed by atoms with Crippen LogP contribution < -0.4 is 0 Å². The van der Waals surface area contributed by atoms with Crippen molar-refractivity contribution in [2.75, 3.05) is 0 Å². The Morgan fingerprint density at radius 1 is 1.40 bits per heavy atom. The maximum atomic E-state index is 11.9. The van der Waals surface area contributed by atoms with E-state index in [4.69, 9.17) is 4.42 Å². The summed E-state index contributed by atoms with van der Waals surface area (Å²) < 4.78 is 5.33. The van der Waals surface area contributed by atoms with Crippen LogP contribution in [-0.2, 0) is 4.79 Å². The minimum atomic E-state index is -0.0171. The predicted molar refractivity (Wildman–Crippen MR) is 60.9 cm³/mol. The Balaban J connectivity index is 2.61. The van der Waals surface area contributed by atoms with Gasteiger partial charge in [-0.2, -0.15) is 0 Å². The van der Waals surface area contributed by atoms with Gasteiger partial charge in [0.05, 0.1) is 12.2 Å². The van der Waals surface area contributed by atoms with Crippen molar-refractivity contribution < 1.29 is 9.21 Å². The number of hydrogen-bond donors (Lipinski definition) is 0. The molecule has 0 aliphatic heterocycles. The van der Waals surface area contributed by atoms with Gasteiger partial charge in [0.1, 0.15) is 11.5 Å². The van der Waals surface area contributed by atoms with Crippen molar-refractivity contribution in [2.45, 2.75) is 51.9 Å². The van der Waals surface area contributed by atoms with Crippen LogP contribution in [0.2, 0.25) is 0 Å². The molecular weight excluding hydrogens is 188 g/mol. The van der Waals surface area contributed by atoms with Crippen molar-refractivity contribution in [3.63, 3.8) is 0 Å². The van der Waals surface area contributed by atoms with E-state index in [1.165, 1.54) is 0 Å². The van der Waals surface area contributed by atoms with Gasteiger partial charge in [0, 0.05) is 6.42 Å². The number of Topliss-reactive ketones (excluding diaryl/α,β-unsaturated/α-hetero) is 1. The summed E-state index contributed by atoms with van der Waals surface area (Å²) in [5.74, 6) is 1.14. The largest absolute Gasteiger partial charge is 0.469 e. The van der Waals surface area contributed by atoms with Crippen molar-refractivity contribution in [1.82, 2.24) is 0 Å². The zero-order chi connectivity index (χ0) is 11.1. The molecule has 84 valence electrons. The monoisotopic (exact) mass is 208 g/mol. The summed E-state index contributed by atoms with van der Waals surface area (Å²) in [4.78, 5) is 11.9. The van der Waals surface area contributed by atoms with Crippen LogP contribution in [0.25, 0.3) is 0 Å². The van der Waals surface area contributed by atoms with E-state index in [-0.39, 0.29) is 5.92 Å². The molecule has 1 rings (SSSR count). The molecule has 2 nitrogen and oxygen atoms in total. The highest BCUT2D eigenvalue weighted by molar-refractivity contribution is 5.85. The molecule has 1 unspecified atom stereocenters. The highest BCUT2D eigenvalue weighted by Crippen LogP contribution is 2.24. The second kappa shape index (κ2) is 6.44. The standard InChI is InChI=1S/C13H20O2/c1-3-5-8-12(14)11(7-4-2)13-9-6-10-15-13/h6,9-11H,3-5,7-8H2,1-2H3. The van der Waals surface area contributed by atoms with Gasteiger partial charge in [-0.1, -0.05) is 26.7 Å². The summed E-state index contributed by atoms with van der Waals surface area (Å²) in [6.07, 6.45) is 6.30. The quantitative estimate of drug-likeness (QED) is 0.679. The zero-order valence-corrected chi connectivity index (χ0v) is 9.66. The lowest BCUT2D eigenvalue weighted by Gasteiger charge is -2.11. The fourth-order valence-corrected chi connectivity index (χ4v) is 1.77. The number of hydrogen-bond acceptors (Lipinski definition) is 2. The van der Waals surface area contributed by atoms with Crippen LogP contribution in [0.15, 0.2) is 22.8 Å². The van der Waals surface area contributed by atoms with Gasteiger partial charge in [-0.3, -0.25) is 4.79 Å². The first-order valence-electron chi connectivity index (χ1n) is 5.85. The number of furan rings is 1. The maximum absolute atomic E-state index is 11.9. The van der Waals surface area contributed by atoms with Crippen molar-refractivity contribution >= 4 is 5.78 Å². The Labute approximate surface area is 91.7 Å². The van der Waals surface area contributed by atoms with E-state index in [9.17, 15) is 4.79 Å². The van der Waals surface area contributed by atoms with Crippen LogP contribution >= 0.6 is 0 Å². The minimum absolute atomic E-state index is 0.0171. The van der Waals surface area contributed by atoms with Crippen LogP contribution in [0.1, 0.15) is 57.6 Å². The number of ketones is 1. The van der Waals surface area contributed by atoms with Gasteiger partial charge in [0.15, 0.2) is 0 Å². The first-order chi connectivity index (χ1) is 7.29. The third kappa shape index (κ3) is 3.54. The molecule has 2 heteroatoms. The number of carbonyl (C=O) groups excluding carboxylic acids is 1. The molecule has 0 bridgehead atoms. The van der Waals surface area contributed by atoms with E-state index in [0.29, 0.717) is 12.2 Å². The van der Waals surface area contributed by atoms with Crippen LogP contribution in [0, 0.1) is 0 Å². The number of carbonyl (C=O) groups is 1. The third-order valence-corrected chi connectivity index (χ3v) is 2.63. The van der Waals surface area contributed by atoms with E-state index < -0.39 is 0 Å². The molecule has 0 fully saturated rings. The van der Waals surface area contributed by atoms with Crippen LogP contribution in [0.3, 0.4) is 0 Å². The van der Waals surface area contributed by atoms with Crippen LogP contribution in [0.5, 0.6) is 0 Å². The Hall–Kier alpha value is -1.05. The van der Waals surface area contributed by atoms with E-state index in [2.05, 4.69) is 13.8 Å². The molecule has 0 aliphatic carbocycles. The SMILES string of the molecule is CCCCC(=O)C(CCC)c1ccco1. The smallest absolute Gasteiger partial charge is 0.143 e. The topological polar surface area (TPSA) is 30.2 Å². The molecule has 1 aromatic heterocycles. The molecule has 15 heavy (non-hydrogen) atoms. The lowest BCUT2D eigenvalue weighted by Crippen LogP contribution is -2.11. The van der Waals surface area contributed by atoms with E-state index in [1.807, 2.05) is 12.1 Å². The van der Waals surface area contributed by atoms with Gasteiger partial charge in [-0.25, -0.2) is 0 Å². The Morgan fingerprint density at radius 2 is 2.20 bits per heavy atom. The first kappa shape index (κ1) is 12.0. The Kier molecular flexibility index (Phi) is 5.16. The molecule has 1 aromatic rings. The van der Waals surface area contributed by atoms with Crippen LogP contribution in [0.4, 0.5) is 0 Å². The van der Waals surface area contributed by atoms with E-state index in [1.54, 1.807) is 6.26 Å². The molecule has 1 atom stereocenters. The van der Waals surface area contributed by atoms with Crippen LogP contribution in [-0.4, -0.2) is 5.78 Å². The normalized spacial score (nSPS) is 12.7. The predicted octanol–water partition coefficient (Wildman–Crippen LogP) is 3.92. The highest BCUT2D eigenvalue weighted by Gasteiger charge is 2.21. The molecule has 0 spiro atoms. The van der Waals surface area contributed by atoms with Crippen molar-refractivity contribution in [2.24, 2.45) is 0 Å². The molecular formula is C13H20O2. The molecule has 1 heterocycles. The van der Waals surface area contributed by atoms with Gasteiger partial charge in [-0.15, -0.1) is 0 Å². The average Bonchev–Trinajstić information content (AvgIpc) is 2.75. The van der Waals surface area contributed by atoms with E-state index >= 15 is 0 Å². The maximum Gasteiger partial charge on any atom is 0.143 e. The zero-order valence-electron chi connectivity index (χ0n) is 9.66. The molecule has 0 radical (unpaired) electrons. The van der Waals surface area contributed by atoms with Crippen molar-refractivity contribution in [3.8, 4) is 0 Å². The fraction of sp³-hybridized carbons (Fsp3) is 0.615. The van der Waals surface area contributed by atoms with Gasteiger partial charge < -0.3 is 4.42 Å². The molecule has 0 saturated heterocycles. The van der Waals surface area contributed by atoms with Gasteiger partial charge in [-0.05, 0) is 25.0 Å². The lowest BCUT2D eigenvalue weighted by atomic mass is 9.93. The second-order valence-corrected chi connectivity index (χ2v) is 3.93. The lowest BCUT2D eigenvalue weighted by molar-refractivity contribution is -0.121. The Morgan fingerprint density at radius 3 is 2.73 bits per heavy atom. The molecule has 0 amide bonds. The van der Waals surface area contributed by atoms with Crippen molar-refractivity contribution in [3.05, 3.63) is 24.2 Å². The van der Waals surface area contributed by atoms with E-state index in [0.717, 1.165) is 31.4 Å². The molecule has 0 aliphatic rings. The summed E-state index contributed by atoms with van der Waals surface area (Å²) in [7, 11) is 0. The number of unbranched alkanes of at least 4 members (excludes halogenated alkanes) is 1. The summed E-state index contributed by atoms with van der Waals surface area (Å²) in [6, 6.07) is 3.76. The summed E-state index contributed by atoms with van der Waals surface area (Å²) >= 11 is 0. The van der Waals surface area contributed by atoms with Gasteiger partial charge in [0.2, 0.25) is 0 Å². The number of rotatable bonds is 7. The second-order valence-electron chi connectivity index (χ2n) is 3.93. The Bertz CT molecular complexity index is 275. The third-order valence-electron chi connectivity index (χ3n) is 2.63.